The summed E-state index contributed by atoms with van der Waals surface area (Å²) in [5.74, 6) is -0.121. The van der Waals surface area contributed by atoms with Gasteiger partial charge in [0.2, 0.25) is 0 Å². The molecule has 0 heterocycles. The number of carbonyl (C=O) groups excluding carboxylic acids is 1. The zero-order valence-corrected chi connectivity index (χ0v) is 12.2. The molecule has 4 heteroatoms. The van der Waals surface area contributed by atoms with Crippen molar-refractivity contribution in [1.82, 2.24) is 0 Å². The van der Waals surface area contributed by atoms with Gasteiger partial charge in [-0.05, 0) is 44.0 Å². The van der Waals surface area contributed by atoms with E-state index in [4.69, 9.17) is 4.74 Å². The molecule has 0 spiro atoms. The Bertz CT molecular complexity index is 414. The van der Waals surface area contributed by atoms with E-state index in [1.807, 2.05) is 32.0 Å². The number of methoxy groups -OCH3 is 1. The lowest BCUT2D eigenvalue weighted by molar-refractivity contribution is -0.136. The van der Waals surface area contributed by atoms with E-state index < -0.39 is 5.60 Å². The molecule has 1 N–H and O–H groups in total. The lowest BCUT2D eigenvalue weighted by Crippen LogP contribution is -2.41. The van der Waals surface area contributed by atoms with Crippen molar-refractivity contribution in [2.45, 2.75) is 32.8 Å². The number of amides is 1. The van der Waals surface area contributed by atoms with Gasteiger partial charge >= 0.3 is 0 Å². The van der Waals surface area contributed by atoms with E-state index in [1.165, 1.54) is 0 Å². The van der Waals surface area contributed by atoms with Crippen LogP contribution in [0.5, 0.6) is 0 Å². The minimum atomic E-state index is -0.777. The van der Waals surface area contributed by atoms with Gasteiger partial charge in [0.15, 0.2) is 0 Å². The number of halogens is 1. The fraction of sp³-hybridized carbons (Fsp3) is 0.462. The van der Waals surface area contributed by atoms with Crippen molar-refractivity contribution in [2.75, 3.05) is 12.4 Å². The monoisotopic (exact) mass is 299 g/mol. The summed E-state index contributed by atoms with van der Waals surface area (Å²) in [7, 11) is 1.55. The number of nitrogens with one attached hydrogen (secondary N) is 1. The molecule has 1 atom stereocenters. The van der Waals surface area contributed by atoms with Crippen LogP contribution in [0.25, 0.3) is 0 Å². The fourth-order valence-corrected chi connectivity index (χ4v) is 1.63. The maximum atomic E-state index is 12.0. The first kappa shape index (κ1) is 14.2. The zero-order valence-electron chi connectivity index (χ0n) is 10.6. The van der Waals surface area contributed by atoms with Crippen LogP contribution < -0.4 is 5.32 Å². The minimum absolute atomic E-state index is 0.121. The molecule has 0 aliphatic carbocycles. The van der Waals surface area contributed by atoms with Crippen molar-refractivity contribution in [3.63, 3.8) is 0 Å². The molecule has 0 radical (unpaired) electrons. The van der Waals surface area contributed by atoms with Crippen LogP contribution in [-0.4, -0.2) is 18.6 Å². The van der Waals surface area contributed by atoms with Gasteiger partial charge in [-0.25, -0.2) is 0 Å². The van der Waals surface area contributed by atoms with Crippen LogP contribution in [0, 0.1) is 6.92 Å². The maximum Gasteiger partial charge on any atom is 0.256 e. The Kier molecular flexibility index (Phi) is 4.71. The van der Waals surface area contributed by atoms with Crippen molar-refractivity contribution in [3.8, 4) is 0 Å². The van der Waals surface area contributed by atoms with E-state index >= 15 is 0 Å². The van der Waals surface area contributed by atoms with Gasteiger partial charge in [-0.1, -0.05) is 22.9 Å². The molecule has 1 unspecified atom stereocenters. The highest BCUT2D eigenvalue weighted by Crippen LogP contribution is 2.22. The van der Waals surface area contributed by atoms with Gasteiger partial charge in [-0.3, -0.25) is 4.79 Å². The smallest absolute Gasteiger partial charge is 0.256 e. The number of hydrogen-bond donors (Lipinski definition) is 1. The summed E-state index contributed by atoms with van der Waals surface area (Å²) in [6.45, 7) is 5.69. The van der Waals surface area contributed by atoms with Crippen LogP contribution in [0.2, 0.25) is 0 Å². The molecule has 1 amide bonds. The van der Waals surface area contributed by atoms with Gasteiger partial charge in [0.1, 0.15) is 5.60 Å². The van der Waals surface area contributed by atoms with Gasteiger partial charge < -0.3 is 10.1 Å². The van der Waals surface area contributed by atoms with Crippen LogP contribution >= 0.6 is 15.9 Å². The van der Waals surface area contributed by atoms with Crippen molar-refractivity contribution in [1.29, 1.82) is 0 Å². The second-order valence-corrected chi connectivity index (χ2v) is 5.06. The Balaban J connectivity index is 2.84. The summed E-state index contributed by atoms with van der Waals surface area (Å²) in [5.41, 5.74) is 1.09. The fourth-order valence-electron chi connectivity index (χ4n) is 1.38. The Labute approximate surface area is 111 Å². The minimum Gasteiger partial charge on any atom is -0.369 e. The normalized spacial score (nSPS) is 14.2. The Morgan fingerprint density at radius 1 is 1.53 bits per heavy atom. The number of benzene rings is 1. The number of carbonyl (C=O) groups is 1. The van der Waals surface area contributed by atoms with E-state index in [2.05, 4.69) is 21.2 Å². The molecule has 0 aliphatic rings. The van der Waals surface area contributed by atoms with Gasteiger partial charge in [0, 0.05) is 17.3 Å². The first-order chi connectivity index (χ1) is 7.92. The van der Waals surface area contributed by atoms with Crippen molar-refractivity contribution in [3.05, 3.63) is 28.2 Å². The van der Waals surface area contributed by atoms with E-state index in [0.717, 1.165) is 15.7 Å². The lowest BCUT2D eigenvalue weighted by Gasteiger charge is -2.25. The van der Waals surface area contributed by atoms with E-state index in [0.29, 0.717) is 6.42 Å². The van der Waals surface area contributed by atoms with Crippen LogP contribution in [0.1, 0.15) is 25.8 Å². The van der Waals surface area contributed by atoms with E-state index in [9.17, 15) is 4.79 Å². The van der Waals surface area contributed by atoms with Gasteiger partial charge in [-0.2, -0.15) is 0 Å². The molecule has 3 nitrogen and oxygen atoms in total. The third-order valence-electron chi connectivity index (χ3n) is 3.02. The van der Waals surface area contributed by atoms with Crippen LogP contribution in [-0.2, 0) is 9.53 Å². The summed E-state index contributed by atoms with van der Waals surface area (Å²) >= 11 is 3.43. The molecular weight excluding hydrogens is 282 g/mol. The topological polar surface area (TPSA) is 38.3 Å². The van der Waals surface area contributed by atoms with Crippen LogP contribution in [0.15, 0.2) is 22.7 Å². The summed E-state index contributed by atoms with van der Waals surface area (Å²) in [5, 5.41) is 2.87. The van der Waals surface area contributed by atoms with E-state index in [1.54, 1.807) is 14.0 Å². The van der Waals surface area contributed by atoms with Gasteiger partial charge in [0.25, 0.3) is 5.91 Å². The summed E-state index contributed by atoms with van der Waals surface area (Å²) in [4.78, 5) is 12.0. The van der Waals surface area contributed by atoms with Crippen molar-refractivity contribution in [2.24, 2.45) is 0 Å². The molecule has 1 aromatic rings. The molecule has 0 aliphatic heterocycles. The molecule has 0 saturated carbocycles. The molecule has 17 heavy (non-hydrogen) atoms. The van der Waals surface area contributed by atoms with Gasteiger partial charge in [0.05, 0.1) is 0 Å². The predicted octanol–water partition coefficient (Wildman–Crippen LogP) is 3.51. The van der Waals surface area contributed by atoms with Gasteiger partial charge in [-0.15, -0.1) is 0 Å². The highest BCUT2D eigenvalue weighted by molar-refractivity contribution is 9.10. The number of rotatable bonds is 4. The molecule has 0 saturated heterocycles. The third-order valence-corrected chi connectivity index (χ3v) is 3.91. The first-order valence-electron chi connectivity index (χ1n) is 5.55. The van der Waals surface area contributed by atoms with Crippen molar-refractivity contribution < 1.29 is 9.53 Å². The van der Waals surface area contributed by atoms with E-state index in [-0.39, 0.29) is 5.91 Å². The number of anilines is 1. The largest absolute Gasteiger partial charge is 0.369 e. The molecule has 0 fully saturated rings. The summed E-state index contributed by atoms with van der Waals surface area (Å²) in [6.07, 6.45) is 0.630. The lowest BCUT2D eigenvalue weighted by atomic mass is 10.0. The molecular formula is C13H18BrNO2. The van der Waals surface area contributed by atoms with Crippen molar-refractivity contribution >= 4 is 27.5 Å². The van der Waals surface area contributed by atoms with Crippen LogP contribution in [0.4, 0.5) is 5.69 Å². The Morgan fingerprint density at radius 3 is 2.65 bits per heavy atom. The molecule has 0 bridgehead atoms. The predicted molar refractivity (Wildman–Crippen MR) is 73.2 cm³/mol. The van der Waals surface area contributed by atoms with Crippen LogP contribution in [0.3, 0.4) is 0 Å². The quantitative estimate of drug-likeness (QED) is 0.924. The zero-order chi connectivity index (χ0) is 13.1. The second-order valence-electron chi connectivity index (χ2n) is 4.21. The summed E-state index contributed by atoms with van der Waals surface area (Å²) in [6, 6.07) is 5.70. The second kappa shape index (κ2) is 5.65. The average molecular weight is 300 g/mol. The molecule has 1 aromatic carbocycles. The number of hydrogen-bond acceptors (Lipinski definition) is 2. The number of aryl methyl sites for hydroxylation is 1. The maximum absolute atomic E-state index is 12.0. The average Bonchev–Trinajstić information content (AvgIpc) is 2.32. The third kappa shape index (κ3) is 3.30. The molecule has 0 aromatic heterocycles. The Morgan fingerprint density at radius 2 is 2.18 bits per heavy atom. The highest BCUT2D eigenvalue weighted by atomic mass is 79.9. The highest BCUT2D eigenvalue weighted by Gasteiger charge is 2.30. The SMILES string of the molecule is CCC(C)(OC)C(=O)Nc1ccc(Br)c(C)c1. The standard InChI is InChI=1S/C13H18BrNO2/c1-5-13(3,17-4)12(16)15-10-6-7-11(14)9(2)8-10/h6-8H,5H2,1-4H3,(H,15,16). The summed E-state index contributed by atoms with van der Waals surface area (Å²) < 4.78 is 6.28. The number of ether oxygens (including phenoxy) is 1. The Hall–Kier alpha value is -0.870. The molecule has 1 rings (SSSR count). The molecule has 94 valence electrons. The first-order valence-corrected chi connectivity index (χ1v) is 6.35.